The minimum Gasteiger partial charge on any atom is -0.455 e. The first-order valence-electron chi connectivity index (χ1n) is 15.0. The smallest absolute Gasteiger partial charge is 0.164 e. The standard InChI is InChI=1S/C41H25N3O/c1-3-10-27(11-4-1)39-42-40(28-12-5-2-6-13-28)44-41(43-39)32-15-9-14-29(25-32)30-21-22-33-31(24-30)19-18-26-20-23-35-34-16-7-8-17-36(34)45-38(35)37(26)33/h1-25H. The minimum absolute atomic E-state index is 0.642. The number of nitrogens with zero attached hydrogens (tertiary/aromatic N) is 3. The first kappa shape index (κ1) is 25.4. The van der Waals surface area contributed by atoms with Gasteiger partial charge in [-0.15, -0.1) is 0 Å². The molecule has 45 heavy (non-hydrogen) atoms. The fourth-order valence-corrected chi connectivity index (χ4v) is 6.28. The highest BCUT2D eigenvalue weighted by atomic mass is 16.3. The number of hydrogen-bond donors (Lipinski definition) is 0. The number of fused-ring (bicyclic) bond motifs is 7. The van der Waals surface area contributed by atoms with Gasteiger partial charge in [-0.25, -0.2) is 15.0 Å². The van der Waals surface area contributed by atoms with Crippen LogP contribution in [-0.2, 0) is 0 Å². The van der Waals surface area contributed by atoms with Crippen LogP contribution in [0.15, 0.2) is 156 Å². The maximum atomic E-state index is 6.42. The third kappa shape index (κ3) is 4.35. The van der Waals surface area contributed by atoms with E-state index < -0.39 is 0 Å². The largest absolute Gasteiger partial charge is 0.455 e. The average Bonchev–Trinajstić information content (AvgIpc) is 3.51. The van der Waals surface area contributed by atoms with Crippen LogP contribution in [0.4, 0.5) is 0 Å². The fraction of sp³-hybridized carbons (Fsp3) is 0. The van der Waals surface area contributed by atoms with Gasteiger partial charge < -0.3 is 4.42 Å². The van der Waals surface area contributed by atoms with Crippen molar-refractivity contribution < 1.29 is 4.42 Å². The maximum absolute atomic E-state index is 6.42. The molecule has 0 bridgehead atoms. The second-order valence-corrected chi connectivity index (χ2v) is 11.3. The third-order valence-electron chi connectivity index (χ3n) is 8.50. The van der Waals surface area contributed by atoms with Crippen molar-refractivity contribution in [3.05, 3.63) is 152 Å². The molecule has 2 aromatic heterocycles. The minimum atomic E-state index is 0.642. The normalized spacial score (nSPS) is 11.6. The van der Waals surface area contributed by atoms with Crippen LogP contribution in [0, 0.1) is 0 Å². The van der Waals surface area contributed by atoms with E-state index in [0.29, 0.717) is 17.5 Å². The number of hydrogen-bond acceptors (Lipinski definition) is 4. The molecule has 9 aromatic rings. The molecule has 0 fully saturated rings. The van der Waals surface area contributed by atoms with Crippen LogP contribution in [0.5, 0.6) is 0 Å². The van der Waals surface area contributed by atoms with Crippen LogP contribution in [0.2, 0.25) is 0 Å². The number of para-hydroxylation sites is 1. The highest BCUT2D eigenvalue weighted by molar-refractivity contribution is 6.23. The highest BCUT2D eigenvalue weighted by Crippen LogP contribution is 2.39. The molecular weight excluding hydrogens is 550 g/mol. The first-order chi connectivity index (χ1) is 22.3. The van der Waals surface area contributed by atoms with Gasteiger partial charge in [0, 0.05) is 32.8 Å². The van der Waals surface area contributed by atoms with Crippen LogP contribution in [0.1, 0.15) is 0 Å². The average molecular weight is 576 g/mol. The lowest BCUT2D eigenvalue weighted by Gasteiger charge is -2.11. The fourth-order valence-electron chi connectivity index (χ4n) is 6.28. The molecule has 0 aliphatic rings. The molecule has 7 aromatic carbocycles. The Morgan fingerprint density at radius 3 is 1.67 bits per heavy atom. The molecule has 0 saturated heterocycles. The van der Waals surface area contributed by atoms with Crippen molar-refractivity contribution in [3.63, 3.8) is 0 Å². The number of aromatic nitrogens is 3. The van der Waals surface area contributed by atoms with Crippen molar-refractivity contribution in [1.82, 2.24) is 15.0 Å². The molecule has 0 unspecified atom stereocenters. The molecule has 0 atom stereocenters. The van der Waals surface area contributed by atoms with E-state index in [0.717, 1.165) is 60.5 Å². The van der Waals surface area contributed by atoms with Crippen molar-refractivity contribution in [2.24, 2.45) is 0 Å². The molecule has 0 aliphatic heterocycles. The Kier molecular flexibility index (Phi) is 5.78. The van der Waals surface area contributed by atoms with Gasteiger partial charge in [0.1, 0.15) is 11.2 Å². The molecule has 4 heteroatoms. The van der Waals surface area contributed by atoms with Crippen molar-refractivity contribution in [1.29, 1.82) is 0 Å². The van der Waals surface area contributed by atoms with E-state index >= 15 is 0 Å². The quantitative estimate of drug-likeness (QED) is 0.196. The molecule has 9 rings (SSSR count). The van der Waals surface area contributed by atoms with Gasteiger partial charge in [-0.05, 0) is 51.6 Å². The molecule has 0 spiro atoms. The van der Waals surface area contributed by atoms with Gasteiger partial charge in [0.05, 0.1) is 0 Å². The summed E-state index contributed by atoms with van der Waals surface area (Å²) in [5, 5.41) is 6.94. The molecule has 210 valence electrons. The van der Waals surface area contributed by atoms with Crippen LogP contribution < -0.4 is 0 Å². The number of rotatable bonds is 4. The lowest BCUT2D eigenvalue weighted by atomic mass is 9.95. The Morgan fingerprint density at radius 1 is 0.356 bits per heavy atom. The summed E-state index contributed by atoms with van der Waals surface area (Å²) in [7, 11) is 0. The number of furan rings is 1. The van der Waals surface area contributed by atoms with E-state index in [1.54, 1.807) is 0 Å². The topological polar surface area (TPSA) is 51.8 Å². The molecule has 0 aliphatic carbocycles. The lowest BCUT2D eigenvalue weighted by molar-refractivity contribution is 0.673. The Balaban J connectivity index is 1.17. The van der Waals surface area contributed by atoms with Crippen LogP contribution in [0.25, 0.3) is 88.8 Å². The SMILES string of the molecule is c1ccc(-c2nc(-c3ccccc3)nc(-c3cccc(-c4ccc5c(ccc6ccc7c8ccccc8oc7c65)c4)c3)n2)cc1. The molecule has 0 radical (unpaired) electrons. The number of benzene rings is 7. The first-order valence-corrected chi connectivity index (χ1v) is 15.0. The summed E-state index contributed by atoms with van der Waals surface area (Å²) in [6.45, 7) is 0. The Bertz CT molecular complexity index is 2480. The van der Waals surface area contributed by atoms with Gasteiger partial charge in [-0.2, -0.15) is 0 Å². The summed E-state index contributed by atoms with van der Waals surface area (Å²) in [5.74, 6) is 1.95. The van der Waals surface area contributed by atoms with Gasteiger partial charge in [0.15, 0.2) is 17.5 Å². The van der Waals surface area contributed by atoms with E-state index in [1.165, 1.54) is 10.8 Å². The van der Waals surface area contributed by atoms with E-state index in [9.17, 15) is 0 Å². The monoisotopic (exact) mass is 575 g/mol. The maximum Gasteiger partial charge on any atom is 0.164 e. The highest BCUT2D eigenvalue weighted by Gasteiger charge is 2.15. The predicted octanol–water partition coefficient (Wildman–Crippen LogP) is 10.7. The Hall–Kier alpha value is -6.13. The Morgan fingerprint density at radius 2 is 0.911 bits per heavy atom. The van der Waals surface area contributed by atoms with E-state index in [-0.39, 0.29) is 0 Å². The van der Waals surface area contributed by atoms with Crippen LogP contribution in [0.3, 0.4) is 0 Å². The lowest BCUT2D eigenvalue weighted by Crippen LogP contribution is -2.00. The van der Waals surface area contributed by atoms with Crippen LogP contribution in [-0.4, -0.2) is 15.0 Å². The van der Waals surface area contributed by atoms with Crippen molar-refractivity contribution in [3.8, 4) is 45.3 Å². The third-order valence-corrected chi connectivity index (χ3v) is 8.50. The summed E-state index contributed by atoms with van der Waals surface area (Å²) in [6, 6.07) is 52.2. The van der Waals surface area contributed by atoms with E-state index in [1.807, 2.05) is 72.8 Å². The molecule has 4 nitrogen and oxygen atoms in total. The van der Waals surface area contributed by atoms with Gasteiger partial charge in [-0.3, -0.25) is 0 Å². The summed E-state index contributed by atoms with van der Waals surface area (Å²) in [5.41, 5.74) is 6.92. The summed E-state index contributed by atoms with van der Waals surface area (Å²) in [6.07, 6.45) is 0. The zero-order chi connectivity index (χ0) is 29.7. The zero-order valence-corrected chi connectivity index (χ0v) is 24.2. The van der Waals surface area contributed by atoms with E-state index in [2.05, 4.69) is 78.9 Å². The second-order valence-electron chi connectivity index (χ2n) is 11.3. The summed E-state index contributed by atoms with van der Waals surface area (Å²) in [4.78, 5) is 14.7. The van der Waals surface area contributed by atoms with Crippen molar-refractivity contribution in [2.45, 2.75) is 0 Å². The summed E-state index contributed by atoms with van der Waals surface area (Å²) >= 11 is 0. The molecule has 0 saturated carbocycles. The van der Waals surface area contributed by atoms with Gasteiger partial charge in [-0.1, -0.05) is 127 Å². The van der Waals surface area contributed by atoms with Gasteiger partial charge in [0.25, 0.3) is 0 Å². The zero-order valence-electron chi connectivity index (χ0n) is 24.2. The van der Waals surface area contributed by atoms with Crippen LogP contribution >= 0.6 is 0 Å². The van der Waals surface area contributed by atoms with Gasteiger partial charge >= 0.3 is 0 Å². The molecule has 0 amide bonds. The summed E-state index contributed by atoms with van der Waals surface area (Å²) < 4.78 is 6.42. The van der Waals surface area contributed by atoms with Gasteiger partial charge in [0.2, 0.25) is 0 Å². The molecule has 2 heterocycles. The molecular formula is C41H25N3O. The van der Waals surface area contributed by atoms with Crippen molar-refractivity contribution >= 4 is 43.5 Å². The second kappa shape index (κ2) is 10.2. The van der Waals surface area contributed by atoms with E-state index in [4.69, 9.17) is 19.4 Å². The predicted molar refractivity (Wildman–Crippen MR) is 184 cm³/mol. The van der Waals surface area contributed by atoms with Crippen molar-refractivity contribution in [2.75, 3.05) is 0 Å². The Labute approximate surface area is 259 Å². The molecule has 0 N–H and O–H groups in total.